The van der Waals surface area contributed by atoms with Crippen molar-refractivity contribution < 1.29 is 24.2 Å². The minimum atomic E-state index is -1.22. The van der Waals surface area contributed by atoms with Gasteiger partial charge in [0.05, 0.1) is 6.61 Å². The van der Waals surface area contributed by atoms with Crippen molar-refractivity contribution in [3.05, 3.63) is 12.2 Å². The number of aliphatic hydroxyl groups is 1. The summed E-state index contributed by atoms with van der Waals surface area (Å²) in [6, 6.07) is 0. The number of nitrogens with zero attached hydrogens (tertiary/aromatic N) is 1. The molecule has 3 atom stereocenters. The number of halogens is 1. The summed E-state index contributed by atoms with van der Waals surface area (Å²) in [6.07, 6.45) is -0.155. The molecule has 7 heteroatoms. The van der Waals surface area contributed by atoms with Crippen LogP contribution in [0.4, 0.5) is 4.79 Å². The van der Waals surface area contributed by atoms with Gasteiger partial charge in [-0.1, -0.05) is 6.58 Å². The lowest BCUT2D eigenvalue weighted by molar-refractivity contribution is -0.124. The summed E-state index contributed by atoms with van der Waals surface area (Å²) < 4.78 is 11.0. The summed E-state index contributed by atoms with van der Waals surface area (Å²) in [5.74, 6) is -0.621. The van der Waals surface area contributed by atoms with Crippen molar-refractivity contribution in [1.29, 1.82) is 0 Å². The van der Waals surface area contributed by atoms with Crippen LogP contribution in [0.15, 0.2) is 12.2 Å². The van der Waals surface area contributed by atoms with Crippen LogP contribution >= 0.6 is 11.8 Å². The predicted molar refractivity (Wildman–Crippen MR) is 70.9 cm³/mol. The van der Waals surface area contributed by atoms with Crippen LogP contribution in [0.2, 0.25) is 0 Å². The monoisotopic (exact) mass is 303 g/mol. The highest BCUT2D eigenvalue weighted by Crippen LogP contribution is 2.52. The maximum absolute atomic E-state index is 11.6. The topological polar surface area (TPSA) is 79.4 Å². The highest BCUT2D eigenvalue weighted by Gasteiger charge is 2.64. The van der Waals surface area contributed by atoms with E-state index in [1.807, 2.05) is 0 Å². The quantitative estimate of drug-likeness (QED) is 0.477. The molecule has 1 spiro atoms. The molecule has 1 N–H and O–H groups in total. The molecule has 1 heterocycles. The van der Waals surface area contributed by atoms with E-state index in [0.29, 0.717) is 29.4 Å². The standard InChI is InChI=1S/C13H18ClNO5/c1-8(2)13(18)6-10(4-5-12(13)7-19-12)20-11(17)15(14)9(3)16/h10,18H,1,4-7H2,2-3H3/t10-,12?,13?/m1/s1. The maximum atomic E-state index is 11.6. The number of hydrogen-bond donors (Lipinski definition) is 1. The summed E-state index contributed by atoms with van der Waals surface area (Å²) >= 11 is 5.49. The number of carbonyl (C=O) groups is 2. The third-order valence-electron chi connectivity index (χ3n) is 4.05. The molecular weight excluding hydrogens is 286 g/mol. The van der Waals surface area contributed by atoms with E-state index in [4.69, 9.17) is 21.3 Å². The molecule has 0 bridgehead atoms. The number of epoxide rings is 1. The van der Waals surface area contributed by atoms with Crippen LogP contribution in [0, 0.1) is 0 Å². The molecule has 1 aliphatic carbocycles. The molecule has 0 aromatic carbocycles. The second-order valence-corrected chi connectivity index (χ2v) is 5.81. The van der Waals surface area contributed by atoms with Gasteiger partial charge in [-0.05, 0) is 25.3 Å². The Morgan fingerprint density at radius 1 is 1.50 bits per heavy atom. The molecule has 20 heavy (non-hydrogen) atoms. The fourth-order valence-corrected chi connectivity index (χ4v) is 2.71. The van der Waals surface area contributed by atoms with Crippen LogP contribution in [0.1, 0.15) is 33.1 Å². The maximum Gasteiger partial charge on any atom is 0.432 e. The Morgan fingerprint density at radius 2 is 2.10 bits per heavy atom. The first-order valence-corrected chi connectivity index (χ1v) is 6.75. The summed E-state index contributed by atoms with van der Waals surface area (Å²) in [6.45, 7) is 7.16. The summed E-state index contributed by atoms with van der Waals surface area (Å²) in [5, 5.41) is 10.7. The Morgan fingerprint density at radius 3 is 2.55 bits per heavy atom. The van der Waals surface area contributed by atoms with Gasteiger partial charge >= 0.3 is 6.09 Å². The predicted octanol–water partition coefficient (Wildman–Crippen LogP) is 1.75. The molecule has 2 aliphatic rings. The molecule has 6 nitrogen and oxygen atoms in total. The van der Waals surface area contributed by atoms with Crippen LogP contribution in [0.3, 0.4) is 0 Å². The number of amides is 2. The van der Waals surface area contributed by atoms with Gasteiger partial charge in [0.1, 0.15) is 17.3 Å². The van der Waals surface area contributed by atoms with Crippen LogP contribution in [-0.4, -0.2) is 45.4 Å². The number of hydrogen-bond acceptors (Lipinski definition) is 5. The Kier molecular flexibility index (Phi) is 3.83. The van der Waals surface area contributed by atoms with Crippen molar-refractivity contribution in [3.8, 4) is 0 Å². The molecule has 0 aromatic rings. The number of rotatable bonds is 2. The van der Waals surface area contributed by atoms with Crippen molar-refractivity contribution in [2.45, 2.75) is 50.4 Å². The second-order valence-electron chi connectivity index (χ2n) is 5.47. The Labute approximate surface area is 122 Å². The van der Waals surface area contributed by atoms with Crippen molar-refractivity contribution >= 4 is 23.8 Å². The smallest absolute Gasteiger partial charge is 0.432 e. The third kappa shape index (κ3) is 2.43. The molecule has 1 saturated carbocycles. The average Bonchev–Trinajstić information content (AvgIpc) is 3.14. The fourth-order valence-electron chi connectivity index (χ4n) is 2.67. The molecule has 2 amide bonds. The molecule has 1 aliphatic heterocycles. The zero-order valence-corrected chi connectivity index (χ0v) is 12.3. The zero-order chi connectivity index (χ0) is 15.1. The lowest BCUT2D eigenvalue weighted by Crippen LogP contribution is -2.53. The first kappa shape index (κ1) is 15.3. The van der Waals surface area contributed by atoms with E-state index in [0.717, 1.165) is 6.92 Å². The van der Waals surface area contributed by atoms with Crippen LogP contribution < -0.4 is 0 Å². The molecular formula is C13H18ClNO5. The van der Waals surface area contributed by atoms with Crippen molar-refractivity contribution in [2.24, 2.45) is 0 Å². The van der Waals surface area contributed by atoms with Gasteiger partial charge in [0.2, 0.25) is 5.91 Å². The summed E-state index contributed by atoms with van der Waals surface area (Å²) in [4.78, 5) is 22.6. The zero-order valence-electron chi connectivity index (χ0n) is 11.5. The Balaban J connectivity index is 2.04. The van der Waals surface area contributed by atoms with Crippen LogP contribution in [0.5, 0.6) is 0 Å². The van der Waals surface area contributed by atoms with E-state index in [-0.39, 0.29) is 6.42 Å². The lowest BCUT2D eigenvalue weighted by atomic mass is 9.70. The Bertz CT molecular complexity index is 462. The average molecular weight is 304 g/mol. The van der Waals surface area contributed by atoms with Gasteiger partial charge in [-0.2, -0.15) is 4.42 Å². The molecule has 112 valence electrons. The van der Waals surface area contributed by atoms with Crippen molar-refractivity contribution in [3.63, 3.8) is 0 Å². The van der Waals surface area contributed by atoms with Crippen LogP contribution in [-0.2, 0) is 14.3 Å². The van der Waals surface area contributed by atoms with E-state index in [1.54, 1.807) is 6.92 Å². The largest absolute Gasteiger partial charge is 0.445 e. The minimum Gasteiger partial charge on any atom is -0.445 e. The van der Waals surface area contributed by atoms with Crippen LogP contribution in [0.25, 0.3) is 0 Å². The van der Waals surface area contributed by atoms with E-state index in [1.165, 1.54) is 0 Å². The molecule has 0 aromatic heterocycles. The van der Waals surface area contributed by atoms with E-state index in [9.17, 15) is 14.7 Å². The second kappa shape index (κ2) is 5.02. The van der Waals surface area contributed by atoms with Gasteiger partial charge in [-0.15, -0.1) is 0 Å². The summed E-state index contributed by atoms with van der Waals surface area (Å²) in [5.41, 5.74) is -1.24. The first-order chi connectivity index (χ1) is 9.22. The molecule has 1 saturated heterocycles. The molecule has 0 radical (unpaired) electrons. The highest BCUT2D eigenvalue weighted by molar-refractivity contribution is 6.28. The highest BCUT2D eigenvalue weighted by atomic mass is 35.5. The van der Waals surface area contributed by atoms with E-state index < -0.39 is 29.3 Å². The van der Waals surface area contributed by atoms with Gasteiger partial charge in [0.15, 0.2) is 0 Å². The first-order valence-electron chi connectivity index (χ1n) is 6.41. The van der Waals surface area contributed by atoms with Crippen molar-refractivity contribution in [2.75, 3.05) is 6.61 Å². The normalized spacial score (nSPS) is 35.5. The number of carbonyl (C=O) groups excluding carboxylic acids is 2. The van der Waals surface area contributed by atoms with E-state index >= 15 is 0 Å². The molecule has 2 unspecified atom stereocenters. The van der Waals surface area contributed by atoms with Crippen molar-refractivity contribution in [1.82, 2.24) is 4.42 Å². The minimum absolute atomic E-state index is 0.191. The van der Waals surface area contributed by atoms with Gasteiger partial charge < -0.3 is 14.6 Å². The summed E-state index contributed by atoms with van der Waals surface area (Å²) in [7, 11) is 0. The lowest BCUT2D eigenvalue weighted by Gasteiger charge is -2.41. The van der Waals surface area contributed by atoms with Gasteiger partial charge in [0, 0.05) is 25.1 Å². The SMILES string of the molecule is C=C(C)C1(O)C[C@H](OC(=O)N(Cl)C(C)=O)CCC12CO2. The Hall–Kier alpha value is -1.11. The number of ether oxygens (including phenoxy) is 2. The number of imide groups is 1. The fraction of sp³-hybridized carbons (Fsp3) is 0.692. The van der Waals surface area contributed by atoms with Gasteiger partial charge in [-0.25, -0.2) is 4.79 Å². The third-order valence-corrected chi connectivity index (χ3v) is 4.43. The van der Waals surface area contributed by atoms with E-state index in [2.05, 4.69) is 6.58 Å². The molecule has 2 rings (SSSR count). The van der Waals surface area contributed by atoms with Gasteiger partial charge in [0.25, 0.3) is 0 Å². The van der Waals surface area contributed by atoms with Gasteiger partial charge in [-0.3, -0.25) is 4.79 Å². The molecule has 2 fully saturated rings.